The van der Waals surface area contributed by atoms with Crippen LogP contribution in [0.3, 0.4) is 0 Å². The van der Waals surface area contributed by atoms with Crippen molar-refractivity contribution in [2.75, 3.05) is 14.2 Å². The summed E-state index contributed by atoms with van der Waals surface area (Å²) in [6.45, 7) is 0.406. The van der Waals surface area contributed by atoms with Crippen molar-refractivity contribution in [3.8, 4) is 11.5 Å². The summed E-state index contributed by atoms with van der Waals surface area (Å²) in [5, 5.41) is 2.92. The van der Waals surface area contributed by atoms with Crippen LogP contribution < -0.4 is 14.8 Å². The molecule has 6 nitrogen and oxygen atoms in total. The van der Waals surface area contributed by atoms with Gasteiger partial charge in [-0.05, 0) is 36.2 Å². The summed E-state index contributed by atoms with van der Waals surface area (Å²) in [7, 11) is 3.20. The van der Waals surface area contributed by atoms with Gasteiger partial charge in [0.25, 0.3) is 0 Å². The van der Waals surface area contributed by atoms with Gasteiger partial charge in [-0.3, -0.25) is 4.79 Å². The third-order valence-corrected chi connectivity index (χ3v) is 4.05. The van der Waals surface area contributed by atoms with Crippen LogP contribution in [0.1, 0.15) is 17.8 Å². The Bertz CT molecular complexity index is 873. The molecule has 6 heteroatoms. The number of amides is 1. The highest BCUT2D eigenvalue weighted by atomic mass is 16.5. The van der Waals surface area contributed by atoms with Gasteiger partial charge in [-0.1, -0.05) is 12.1 Å². The van der Waals surface area contributed by atoms with Gasteiger partial charge in [-0.15, -0.1) is 0 Å². The van der Waals surface area contributed by atoms with Gasteiger partial charge in [-0.2, -0.15) is 0 Å². The molecule has 0 aliphatic carbocycles. The molecular weight excluding hydrogens is 318 g/mol. The summed E-state index contributed by atoms with van der Waals surface area (Å²) >= 11 is 0. The van der Waals surface area contributed by atoms with Crippen LogP contribution in [0, 0.1) is 0 Å². The minimum Gasteiger partial charge on any atom is -0.493 e. The summed E-state index contributed by atoms with van der Waals surface area (Å²) in [6, 6.07) is 11.6. The number of rotatable bonds is 7. The zero-order valence-electron chi connectivity index (χ0n) is 14.4. The third kappa shape index (κ3) is 3.91. The van der Waals surface area contributed by atoms with Crippen molar-refractivity contribution in [3.63, 3.8) is 0 Å². The maximum Gasteiger partial charge on any atom is 0.220 e. The molecule has 0 saturated heterocycles. The number of pyridine rings is 1. The van der Waals surface area contributed by atoms with Crippen LogP contribution in [0.15, 0.2) is 48.8 Å². The number of carbonyl (C=O) groups is 1. The number of aromatic nitrogens is 2. The Balaban J connectivity index is 1.54. The molecule has 3 aromatic rings. The number of benzene rings is 1. The topological polar surface area (TPSA) is 64.9 Å². The van der Waals surface area contributed by atoms with E-state index in [4.69, 9.17) is 9.47 Å². The van der Waals surface area contributed by atoms with Crippen molar-refractivity contribution in [2.45, 2.75) is 19.4 Å². The molecule has 25 heavy (non-hydrogen) atoms. The van der Waals surface area contributed by atoms with Crippen LogP contribution in [0.5, 0.6) is 11.5 Å². The molecule has 0 aliphatic rings. The lowest BCUT2D eigenvalue weighted by Gasteiger charge is -2.09. The fourth-order valence-corrected chi connectivity index (χ4v) is 2.69. The fourth-order valence-electron chi connectivity index (χ4n) is 2.69. The second kappa shape index (κ2) is 7.70. The molecule has 0 atom stereocenters. The number of methoxy groups -OCH3 is 2. The lowest BCUT2D eigenvalue weighted by molar-refractivity contribution is -0.121. The Hall–Kier alpha value is -3.02. The number of aryl methyl sites for hydroxylation is 1. The summed E-state index contributed by atoms with van der Waals surface area (Å²) in [5.41, 5.74) is 2.04. The van der Waals surface area contributed by atoms with E-state index in [1.165, 1.54) is 0 Å². The van der Waals surface area contributed by atoms with E-state index in [-0.39, 0.29) is 5.91 Å². The van der Waals surface area contributed by atoms with Crippen molar-refractivity contribution in [3.05, 3.63) is 60.2 Å². The first kappa shape index (κ1) is 16.8. The number of carbonyl (C=O) groups excluding carboxylic acids is 1. The Labute approximate surface area is 146 Å². The number of fused-ring (bicyclic) bond motifs is 1. The first-order valence-electron chi connectivity index (χ1n) is 8.10. The van der Waals surface area contributed by atoms with Gasteiger partial charge in [0.15, 0.2) is 11.5 Å². The molecular formula is C19H21N3O3. The molecule has 2 aromatic heterocycles. The van der Waals surface area contributed by atoms with E-state index < -0.39 is 0 Å². The molecule has 0 bridgehead atoms. The maximum absolute atomic E-state index is 12.1. The van der Waals surface area contributed by atoms with Crippen LogP contribution in [0.4, 0.5) is 0 Å². The Morgan fingerprint density at radius 1 is 1.16 bits per heavy atom. The highest BCUT2D eigenvalue weighted by Crippen LogP contribution is 2.27. The predicted molar refractivity (Wildman–Crippen MR) is 94.9 cm³/mol. The molecule has 1 amide bonds. The van der Waals surface area contributed by atoms with E-state index in [1.54, 1.807) is 20.4 Å². The van der Waals surface area contributed by atoms with E-state index in [1.807, 2.05) is 47.0 Å². The van der Waals surface area contributed by atoms with Gasteiger partial charge in [-0.25, -0.2) is 4.98 Å². The number of imidazole rings is 1. The number of nitrogens with one attached hydrogen (secondary N) is 1. The second-order valence-electron chi connectivity index (χ2n) is 5.64. The summed E-state index contributed by atoms with van der Waals surface area (Å²) in [4.78, 5) is 16.5. The number of hydrogen-bond acceptors (Lipinski definition) is 4. The van der Waals surface area contributed by atoms with Crippen LogP contribution in [-0.2, 0) is 17.8 Å². The molecule has 1 N–H and O–H groups in total. The molecule has 1 aromatic carbocycles. The van der Waals surface area contributed by atoms with Crippen molar-refractivity contribution in [1.29, 1.82) is 0 Å². The van der Waals surface area contributed by atoms with Crippen LogP contribution in [-0.4, -0.2) is 29.5 Å². The molecule has 0 spiro atoms. The van der Waals surface area contributed by atoms with E-state index in [0.29, 0.717) is 30.9 Å². The van der Waals surface area contributed by atoms with Crippen LogP contribution in [0.2, 0.25) is 0 Å². The van der Waals surface area contributed by atoms with E-state index in [9.17, 15) is 4.79 Å². The first-order valence-corrected chi connectivity index (χ1v) is 8.10. The molecule has 0 saturated carbocycles. The minimum atomic E-state index is -0.0116. The number of hydrogen-bond donors (Lipinski definition) is 1. The van der Waals surface area contributed by atoms with Gasteiger partial charge < -0.3 is 19.2 Å². The Morgan fingerprint density at radius 2 is 2.00 bits per heavy atom. The largest absolute Gasteiger partial charge is 0.493 e. The summed E-state index contributed by atoms with van der Waals surface area (Å²) < 4.78 is 12.5. The third-order valence-electron chi connectivity index (χ3n) is 4.05. The van der Waals surface area contributed by atoms with Gasteiger partial charge >= 0.3 is 0 Å². The Morgan fingerprint density at radius 3 is 2.80 bits per heavy atom. The van der Waals surface area contributed by atoms with Crippen molar-refractivity contribution < 1.29 is 14.3 Å². The minimum absolute atomic E-state index is 0.0116. The highest BCUT2D eigenvalue weighted by molar-refractivity contribution is 5.76. The molecule has 2 heterocycles. The SMILES string of the molecule is COc1ccc(CCC(=O)NCc2ncc3ccccn23)cc1OC. The van der Waals surface area contributed by atoms with E-state index in [0.717, 1.165) is 16.9 Å². The average Bonchev–Trinajstić information content (AvgIpc) is 3.07. The van der Waals surface area contributed by atoms with Gasteiger partial charge in [0.05, 0.1) is 32.5 Å². The van der Waals surface area contributed by atoms with Crippen molar-refractivity contribution in [1.82, 2.24) is 14.7 Å². The monoisotopic (exact) mass is 339 g/mol. The number of ether oxygens (including phenoxy) is 2. The standard InChI is InChI=1S/C19H21N3O3/c1-24-16-8-6-14(11-17(16)25-2)7-9-19(23)21-13-18-20-12-15-5-3-4-10-22(15)18/h3-6,8,10-12H,7,9,13H2,1-2H3,(H,21,23). The normalized spacial score (nSPS) is 10.6. The highest BCUT2D eigenvalue weighted by Gasteiger charge is 2.08. The molecule has 130 valence electrons. The van der Waals surface area contributed by atoms with Crippen LogP contribution >= 0.6 is 0 Å². The fraction of sp³-hybridized carbons (Fsp3) is 0.263. The Kier molecular flexibility index (Phi) is 5.18. The molecule has 0 unspecified atom stereocenters. The molecule has 0 aliphatic heterocycles. The van der Waals surface area contributed by atoms with Gasteiger partial charge in [0.1, 0.15) is 5.82 Å². The van der Waals surface area contributed by atoms with Gasteiger partial charge in [0, 0.05) is 12.6 Å². The quantitative estimate of drug-likeness (QED) is 0.719. The lowest BCUT2D eigenvalue weighted by atomic mass is 10.1. The van der Waals surface area contributed by atoms with Gasteiger partial charge in [0.2, 0.25) is 5.91 Å². The van der Waals surface area contributed by atoms with E-state index >= 15 is 0 Å². The smallest absolute Gasteiger partial charge is 0.220 e. The van der Waals surface area contributed by atoms with Crippen LogP contribution in [0.25, 0.3) is 5.52 Å². The number of nitrogens with zero attached hydrogens (tertiary/aromatic N) is 2. The average molecular weight is 339 g/mol. The maximum atomic E-state index is 12.1. The summed E-state index contributed by atoms with van der Waals surface area (Å²) in [6.07, 6.45) is 4.77. The molecule has 0 radical (unpaired) electrons. The van der Waals surface area contributed by atoms with E-state index in [2.05, 4.69) is 10.3 Å². The first-order chi connectivity index (χ1) is 12.2. The predicted octanol–water partition coefficient (Wildman–Crippen LogP) is 2.60. The second-order valence-corrected chi connectivity index (χ2v) is 5.64. The zero-order valence-corrected chi connectivity index (χ0v) is 14.4. The summed E-state index contributed by atoms with van der Waals surface area (Å²) in [5.74, 6) is 2.16. The molecule has 3 rings (SSSR count). The van der Waals surface area contributed by atoms with Crippen molar-refractivity contribution in [2.24, 2.45) is 0 Å². The zero-order chi connectivity index (χ0) is 17.6. The molecule has 0 fully saturated rings. The van der Waals surface area contributed by atoms with Crippen molar-refractivity contribution >= 4 is 11.4 Å². The lowest BCUT2D eigenvalue weighted by Crippen LogP contribution is -2.24.